The fourth-order valence-corrected chi connectivity index (χ4v) is 6.91. The quantitative estimate of drug-likeness (QED) is 0.231. The molecule has 0 nitrogen and oxygen atoms in total. The first kappa shape index (κ1) is 19.8. The number of fused-ring (bicyclic) bond motifs is 12. The molecule has 0 heteroatoms. The van der Waals surface area contributed by atoms with E-state index in [-0.39, 0.29) is 5.41 Å². The predicted octanol–water partition coefficient (Wildman–Crippen LogP) is 9.16. The molecule has 168 valence electrons. The Bertz CT molecular complexity index is 1790. The van der Waals surface area contributed by atoms with Crippen molar-refractivity contribution in [3.05, 3.63) is 155 Å². The first-order valence-electron chi connectivity index (χ1n) is 12.7. The molecule has 0 saturated carbocycles. The van der Waals surface area contributed by atoms with Crippen LogP contribution < -0.4 is 0 Å². The summed E-state index contributed by atoms with van der Waals surface area (Å²) in [5.41, 5.74) is 14.5. The SMILES string of the molecule is Cc1ccc2c3c(ccc2c1)-c1ccc(-c2ccccc2)cc1C31c2ccccc2-c2ccccc21. The van der Waals surface area contributed by atoms with Crippen LogP contribution in [0.2, 0.25) is 0 Å². The van der Waals surface area contributed by atoms with Crippen molar-refractivity contribution in [2.24, 2.45) is 0 Å². The van der Waals surface area contributed by atoms with E-state index in [1.54, 1.807) is 0 Å². The van der Waals surface area contributed by atoms with Crippen LogP contribution in [0.5, 0.6) is 0 Å². The molecule has 6 aromatic carbocycles. The summed E-state index contributed by atoms with van der Waals surface area (Å²) in [6.07, 6.45) is 0. The maximum Gasteiger partial charge on any atom is 0.0731 e. The summed E-state index contributed by atoms with van der Waals surface area (Å²) in [6, 6.07) is 47.6. The van der Waals surface area contributed by atoms with E-state index in [0.29, 0.717) is 0 Å². The average Bonchev–Trinajstić information content (AvgIpc) is 3.40. The van der Waals surface area contributed by atoms with Gasteiger partial charge >= 0.3 is 0 Å². The summed E-state index contributed by atoms with van der Waals surface area (Å²) in [4.78, 5) is 0. The Kier molecular flexibility index (Phi) is 3.89. The molecule has 0 amide bonds. The molecule has 2 aliphatic rings. The number of benzene rings is 6. The highest BCUT2D eigenvalue weighted by Crippen LogP contribution is 2.64. The summed E-state index contributed by atoms with van der Waals surface area (Å²) in [5.74, 6) is 0. The molecule has 0 bridgehead atoms. The van der Waals surface area contributed by atoms with Crippen molar-refractivity contribution < 1.29 is 0 Å². The molecule has 0 aliphatic heterocycles. The van der Waals surface area contributed by atoms with Gasteiger partial charge in [-0.05, 0) is 79.4 Å². The topological polar surface area (TPSA) is 0 Å². The summed E-state index contributed by atoms with van der Waals surface area (Å²) in [6.45, 7) is 2.18. The molecule has 0 fully saturated rings. The van der Waals surface area contributed by atoms with Gasteiger partial charge in [-0.15, -0.1) is 0 Å². The molecule has 0 unspecified atom stereocenters. The molecular weight excluding hydrogens is 432 g/mol. The van der Waals surface area contributed by atoms with Crippen LogP contribution in [0.3, 0.4) is 0 Å². The molecule has 6 aromatic rings. The van der Waals surface area contributed by atoms with E-state index >= 15 is 0 Å². The Morgan fingerprint density at radius 1 is 0.444 bits per heavy atom. The summed E-state index contributed by atoms with van der Waals surface area (Å²) < 4.78 is 0. The average molecular weight is 457 g/mol. The van der Waals surface area contributed by atoms with Gasteiger partial charge in [0.05, 0.1) is 5.41 Å². The van der Waals surface area contributed by atoms with Crippen molar-refractivity contribution in [1.29, 1.82) is 0 Å². The van der Waals surface area contributed by atoms with Gasteiger partial charge in [-0.3, -0.25) is 0 Å². The molecule has 0 radical (unpaired) electrons. The lowest BCUT2D eigenvalue weighted by atomic mass is 9.69. The van der Waals surface area contributed by atoms with E-state index in [9.17, 15) is 0 Å². The minimum atomic E-state index is -0.336. The van der Waals surface area contributed by atoms with Crippen molar-refractivity contribution in [1.82, 2.24) is 0 Å². The predicted molar refractivity (Wildman–Crippen MR) is 150 cm³/mol. The lowest BCUT2D eigenvalue weighted by Crippen LogP contribution is -2.26. The second kappa shape index (κ2) is 7.06. The molecule has 2 aliphatic carbocycles. The lowest BCUT2D eigenvalue weighted by Gasteiger charge is -2.31. The third-order valence-corrected chi connectivity index (χ3v) is 8.32. The summed E-state index contributed by atoms with van der Waals surface area (Å²) in [7, 11) is 0. The van der Waals surface area contributed by atoms with Gasteiger partial charge in [0.2, 0.25) is 0 Å². The van der Waals surface area contributed by atoms with Crippen molar-refractivity contribution >= 4 is 10.8 Å². The highest BCUT2D eigenvalue weighted by atomic mass is 14.5. The van der Waals surface area contributed by atoms with Crippen LogP contribution in [0.15, 0.2) is 127 Å². The zero-order valence-electron chi connectivity index (χ0n) is 20.1. The van der Waals surface area contributed by atoms with Crippen molar-refractivity contribution in [2.75, 3.05) is 0 Å². The first-order valence-corrected chi connectivity index (χ1v) is 12.7. The minimum Gasteiger partial charge on any atom is -0.0622 e. The third kappa shape index (κ3) is 2.39. The van der Waals surface area contributed by atoms with E-state index in [2.05, 4.69) is 134 Å². The third-order valence-electron chi connectivity index (χ3n) is 8.32. The van der Waals surface area contributed by atoms with Crippen LogP contribution in [-0.4, -0.2) is 0 Å². The van der Waals surface area contributed by atoms with Gasteiger partial charge in [0.15, 0.2) is 0 Å². The van der Waals surface area contributed by atoms with Gasteiger partial charge in [-0.1, -0.05) is 127 Å². The monoisotopic (exact) mass is 456 g/mol. The zero-order valence-corrected chi connectivity index (χ0v) is 20.1. The Labute approximate surface area is 211 Å². The minimum absolute atomic E-state index is 0.336. The van der Waals surface area contributed by atoms with Crippen LogP contribution in [0.1, 0.15) is 27.8 Å². The fraction of sp³-hybridized carbons (Fsp3) is 0.0556. The van der Waals surface area contributed by atoms with E-state index < -0.39 is 0 Å². The van der Waals surface area contributed by atoms with Crippen LogP contribution in [0.4, 0.5) is 0 Å². The molecule has 36 heavy (non-hydrogen) atoms. The molecule has 0 atom stereocenters. The zero-order chi connectivity index (χ0) is 23.9. The number of hydrogen-bond acceptors (Lipinski definition) is 0. The normalized spacial score (nSPS) is 13.9. The largest absolute Gasteiger partial charge is 0.0731 e. The standard InChI is InChI=1S/C36H24/c1-23-15-18-27-26(21-23)17-20-31-30-19-16-25(24-9-3-2-4-10-24)22-34(30)36(35(27)31)32-13-7-5-11-28(32)29-12-6-8-14-33(29)36/h2-22H,1H3. The first-order chi connectivity index (χ1) is 17.8. The Balaban J connectivity index is 1.58. The van der Waals surface area contributed by atoms with Gasteiger partial charge < -0.3 is 0 Å². The van der Waals surface area contributed by atoms with Crippen molar-refractivity contribution in [3.63, 3.8) is 0 Å². The molecule has 0 heterocycles. The van der Waals surface area contributed by atoms with Gasteiger partial charge in [0, 0.05) is 0 Å². The van der Waals surface area contributed by atoms with Crippen LogP contribution in [0, 0.1) is 6.92 Å². The van der Waals surface area contributed by atoms with Gasteiger partial charge in [0.25, 0.3) is 0 Å². The maximum atomic E-state index is 2.46. The van der Waals surface area contributed by atoms with Crippen molar-refractivity contribution in [3.8, 4) is 33.4 Å². The Morgan fingerprint density at radius 3 is 1.83 bits per heavy atom. The van der Waals surface area contributed by atoms with Crippen LogP contribution >= 0.6 is 0 Å². The van der Waals surface area contributed by atoms with E-state index in [1.165, 1.54) is 72.0 Å². The Morgan fingerprint density at radius 2 is 1.08 bits per heavy atom. The summed E-state index contributed by atoms with van der Waals surface area (Å²) >= 11 is 0. The van der Waals surface area contributed by atoms with E-state index in [0.717, 1.165) is 0 Å². The fourth-order valence-electron chi connectivity index (χ4n) is 6.91. The molecule has 0 aromatic heterocycles. The van der Waals surface area contributed by atoms with Gasteiger partial charge in [0.1, 0.15) is 0 Å². The van der Waals surface area contributed by atoms with Crippen LogP contribution in [-0.2, 0) is 5.41 Å². The summed E-state index contributed by atoms with van der Waals surface area (Å²) in [5, 5.41) is 2.66. The second-order valence-electron chi connectivity index (χ2n) is 10.2. The molecule has 0 saturated heterocycles. The Hall–Kier alpha value is -4.42. The van der Waals surface area contributed by atoms with Gasteiger partial charge in [-0.25, -0.2) is 0 Å². The highest BCUT2D eigenvalue weighted by molar-refractivity contribution is 6.04. The number of aryl methyl sites for hydroxylation is 1. The molecule has 0 N–H and O–H groups in total. The molecule has 1 spiro atoms. The number of hydrogen-bond donors (Lipinski definition) is 0. The second-order valence-corrected chi connectivity index (χ2v) is 10.2. The lowest BCUT2D eigenvalue weighted by molar-refractivity contribution is 0.801. The van der Waals surface area contributed by atoms with Crippen LogP contribution in [0.25, 0.3) is 44.2 Å². The van der Waals surface area contributed by atoms with E-state index in [4.69, 9.17) is 0 Å². The smallest absolute Gasteiger partial charge is 0.0622 e. The molecular formula is C36H24. The van der Waals surface area contributed by atoms with E-state index in [1.807, 2.05) is 0 Å². The number of rotatable bonds is 1. The molecule has 8 rings (SSSR count). The van der Waals surface area contributed by atoms with Crippen molar-refractivity contribution in [2.45, 2.75) is 12.3 Å². The van der Waals surface area contributed by atoms with Gasteiger partial charge in [-0.2, -0.15) is 0 Å². The highest BCUT2D eigenvalue weighted by Gasteiger charge is 2.52. The maximum absolute atomic E-state index is 2.46.